The zero-order valence-corrected chi connectivity index (χ0v) is 13.8. The molecule has 0 spiro atoms. The van der Waals surface area contributed by atoms with E-state index in [-0.39, 0.29) is 11.1 Å². The third kappa shape index (κ3) is 4.08. The zero-order chi connectivity index (χ0) is 19.4. The Kier molecular flexibility index (Phi) is 4.83. The van der Waals surface area contributed by atoms with Crippen LogP contribution in [0.3, 0.4) is 0 Å². The number of hydrogen-bond donors (Lipinski definition) is 0. The number of benzene rings is 2. The van der Waals surface area contributed by atoms with Crippen molar-refractivity contribution in [2.75, 3.05) is 0 Å². The summed E-state index contributed by atoms with van der Waals surface area (Å²) in [6.07, 6.45) is -3.09. The number of nitrogens with zero attached hydrogens (tertiary/aromatic N) is 2. The minimum absolute atomic E-state index is 0.0572. The molecule has 0 aliphatic heterocycles. The highest BCUT2D eigenvalue weighted by Gasteiger charge is 2.30. The summed E-state index contributed by atoms with van der Waals surface area (Å²) in [5.41, 5.74) is 0.650. The summed E-state index contributed by atoms with van der Waals surface area (Å²) in [6, 6.07) is 18.6. The third-order valence-corrected chi connectivity index (χ3v) is 3.83. The van der Waals surface area contributed by atoms with Gasteiger partial charge in [0.15, 0.2) is 0 Å². The van der Waals surface area contributed by atoms with Gasteiger partial charge in [0.2, 0.25) is 0 Å². The first-order valence-electron chi connectivity index (χ1n) is 7.80. The van der Waals surface area contributed by atoms with Gasteiger partial charge in [-0.3, -0.25) is 0 Å². The molecule has 6 heteroatoms. The van der Waals surface area contributed by atoms with Crippen molar-refractivity contribution in [3.8, 4) is 23.5 Å². The number of hydrogen-bond acceptors (Lipinski definition) is 3. The molecule has 1 heterocycles. The van der Waals surface area contributed by atoms with Crippen molar-refractivity contribution in [3.05, 3.63) is 83.1 Å². The number of alkyl halides is 3. The van der Waals surface area contributed by atoms with Crippen molar-refractivity contribution in [1.29, 1.82) is 10.5 Å². The first kappa shape index (κ1) is 18.0. The molecule has 3 nitrogen and oxygen atoms in total. The number of halogens is 3. The van der Waals surface area contributed by atoms with Gasteiger partial charge in [-0.05, 0) is 60.2 Å². The second kappa shape index (κ2) is 7.23. The van der Waals surface area contributed by atoms with E-state index in [0.29, 0.717) is 17.1 Å². The Morgan fingerprint density at radius 2 is 1.70 bits per heavy atom. The molecule has 0 N–H and O–H groups in total. The fraction of sp³-hybridized carbons (Fsp3) is 0.0476. The Balaban J connectivity index is 1.92. The van der Waals surface area contributed by atoms with Crippen LogP contribution in [0.2, 0.25) is 0 Å². The molecule has 0 unspecified atom stereocenters. The van der Waals surface area contributed by atoms with Crippen molar-refractivity contribution in [1.82, 2.24) is 0 Å². The quantitative estimate of drug-likeness (QED) is 0.544. The molecule has 0 radical (unpaired) electrons. The summed E-state index contributed by atoms with van der Waals surface area (Å²) >= 11 is 0. The predicted octanol–water partition coefficient (Wildman–Crippen LogP) is 5.90. The molecular weight excluding hydrogens is 353 g/mol. The molecule has 0 aliphatic rings. The lowest BCUT2D eigenvalue weighted by atomic mass is 10.0. The Hall–Kier alpha value is -3.77. The van der Waals surface area contributed by atoms with E-state index < -0.39 is 11.7 Å². The van der Waals surface area contributed by atoms with Gasteiger partial charge in [0, 0.05) is 5.56 Å². The summed E-state index contributed by atoms with van der Waals surface area (Å²) < 4.78 is 44.3. The van der Waals surface area contributed by atoms with E-state index in [0.717, 1.165) is 17.7 Å². The summed E-state index contributed by atoms with van der Waals surface area (Å²) in [5, 5.41) is 18.2. The van der Waals surface area contributed by atoms with Crippen LogP contribution >= 0.6 is 0 Å². The summed E-state index contributed by atoms with van der Waals surface area (Å²) in [7, 11) is 0. The van der Waals surface area contributed by atoms with Crippen LogP contribution in [-0.2, 0) is 6.18 Å². The van der Waals surface area contributed by atoms with Gasteiger partial charge in [0.1, 0.15) is 11.5 Å². The second-order valence-corrected chi connectivity index (χ2v) is 5.64. The summed E-state index contributed by atoms with van der Waals surface area (Å²) in [4.78, 5) is 0. The van der Waals surface area contributed by atoms with Gasteiger partial charge in [0.05, 0.1) is 28.8 Å². The molecule has 3 aromatic rings. The maximum absolute atomic E-state index is 12.9. The molecule has 0 bridgehead atoms. The predicted molar refractivity (Wildman–Crippen MR) is 93.8 cm³/mol. The fourth-order valence-corrected chi connectivity index (χ4v) is 2.48. The minimum Gasteiger partial charge on any atom is -0.457 e. The normalized spacial score (nSPS) is 11.7. The molecule has 0 amide bonds. The summed E-state index contributed by atoms with van der Waals surface area (Å²) in [6.45, 7) is 0. The number of rotatable bonds is 3. The maximum Gasteiger partial charge on any atom is 0.416 e. The second-order valence-electron chi connectivity index (χ2n) is 5.64. The van der Waals surface area contributed by atoms with E-state index in [1.54, 1.807) is 36.4 Å². The molecule has 2 aromatic carbocycles. The molecule has 0 aliphatic carbocycles. The van der Waals surface area contributed by atoms with Crippen LogP contribution in [0.25, 0.3) is 23.0 Å². The fourth-order valence-electron chi connectivity index (χ4n) is 2.48. The molecule has 3 rings (SSSR count). The van der Waals surface area contributed by atoms with E-state index in [4.69, 9.17) is 9.68 Å². The van der Waals surface area contributed by atoms with Gasteiger partial charge in [0.25, 0.3) is 0 Å². The van der Waals surface area contributed by atoms with Gasteiger partial charge in [-0.2, -0.15) is 23.7 Å². The van der Waals surface area contributed by atoms with Gasteiger partial charge in [-0.15, -0.1) is 0 Å². The Bertz CT molecular complexity index is 1080. The Labute approximate surface area is 153 Å². The van der Waals surface area contributed by atoms with E-state index in [1.807, 2.05) is 12.1 Å². The topological polar surface area (TPSA) is 60.7 Å². The standard InChI is InChI=1S/C21H11F3N2O/c22-21(23,24)18-3-1-2-16(10-18)17(13-26)11-19-8-9-20(27-19)15-6-4-14(12-25)5-7-15/h1-11H/b17-11-. The highest BCUT2D eigenvalue weighted by Crippen LogP contribution is 2.31. The van der Waals surface area contributed by atoms with Gasteiger partial charge >= 0.3 is 6.18 Å². The first-order chi connectivity index (χ1) is 12.9. The van der Waals surface area contributed by atoms with Crippen molar-refractivity contribution in [2.45, 2.75) is 6.18 Å². The van der Waals surface area contributed by atoms with Gasteiger partial charge in [-0.1, -0.05) is 12.1 Å². The van der Waals surface area contributed by atoms with Crippen LogP contribution in [0.1, 0.15) is 22.5 Å². The number of nitriles is 2. The number of furan rings is 1. The molecule has 1 aromatic heterocycles. The average Bonchev–Trinajstić information content (AvgIpc) is 3.14. The lowest BCUT2D eigenvalue weighted by molar-refractivity contribution is -0.137. The van der Waals surface area contributed by atoms with Crippen LogP contribution in [0, 0.1) is 22.7 Å². The molecule has 0 saturated carbocycles. The van der Waals surface area contributed by atoms with Crippen LogP contribution in [0.5, 0.6) is 0 Å². The molecule has 27 heavy (non-hydrogen) atoms. The first-order valence-corrected chi connectivity index (χ1v) is 7.80. The van der Waals surface area contributed by atoms with E-state index >= 15 is 0 Å². The molecule has 0 fully saturated rings. The Morgan fingerprint density at radius 3 is 2.33 bits per heavy atom. The monoisotopic (exact) mass is 364 g/mol. The van der Waals surface area contributed by atoms with E-state index in [9.17, 15) is 18.4 Å². The lowest BCUT2D eigenvalue weighted by Crippen LogP contribution is -2.04. The maximum atomic E-state index is 12.9. The summed E-state index contributed by atoms with van der Waals surface area (Å²) in [5.74, 6) is 0.857. The SMILES string of the molecule is N#C/C(=C/c1ccc(-c2ccc(C#N)cc2)o1)c1cccc(C(F)(F)F)c1. The minimum atomic E-state index is -4.48. The molecule has 0 saturated heterocycles. The molecule has 132 valence electrons. The van der Waals surface area contributed by atoms with Crippen molar-refractivity contribution in [3.63, 3.8) is 0 Å². The zero-order valence-electron chi connectivity index (χ0n) is 13.8. The average molecular weight is 364 g/mol. The molecule has 0 atom stereocenters. The van der Waals surface area contributed by atoms with Gasteiger partial charge < -0.3 is 4.42 Å². The van der Waals surface area contributed by atoms with Crippen LogP contribution in [-0.4, -0.2) is 0 Å². The Morgan fingerprint density at radius 1 is 0.963 bits per heavy atom. The van der Waals surface area contributed by atoms with Crippen molar-refractivity contribution in [2.24, 2.45) is 0 Å². The molecular formula is C21H11F3N2O. The van der Waals surface area contributed by atoms with Crippen LogP contribution in [0.15, 0.2) is 65.1 Å². The largest absolute Gasteiger partial charge is 0.457 e. The smallest absolute Gasteiger partial charge is 0.416 e. The lowest BCUT2D eigenvalue weighted by Gasteiger charge is -2.07. The van der Waals surface area contributed by atoms with Crippen molar-refractivity contribution >= 4 is 11.6 Å². The van der Waals surface area contributed by atoms with E-state index in [1.165, 1.54) is 18.2 Å². The van der Waals surface area contributed by atoms with Crippen LogP contribution in [0.4, 0.5) is 13.2 Å². The van der Waals surface area contributed by atoms with E-state index in [2.05, 4.69) is 0 Å². The van der Waals surface area contributed by atoms with Crippen molar-refractivity contribution < 1.29 is 17.6 Å². The third-order valence-electron chi connectivity index (χ3n) is 3.83. The van der Waals surface area contributed by atoms with Crippen LogP contribution < -0.4 is 0 Å². The highest BCUT2D eigenvalue weighted by molar-refractivity contribution is 5.89. The highest BCUT2D eigenvalue weighted by atomic mass is 19.4. The van der Waals surface area contributed by atoms with Gasteiger partial charge in [-0.25, -0.2) is 0 Å². The number of allylic oxidation sites excluding steroid dienone is 1.